The molecule has 0 fully saturated rings. The van der Waals surface area contributed by atoms with Crippen LogP contribution < -0.4 is 4.74 Å². The van der Waals surface area contributed by atoms with Gasteiger partial charge in [0.25, 0.3) is 0 Å². The number of hydrogen-bond donors (Lipinski definition) is 1. The fraction of sp³-hybridized carbons (Fsp3) is 0.500. The maximum atomic E-state index is 9.22. The summed E-state index contributed by atoms with van der Waals surface area (Å²) < 4.78 is 5.53. The van der Waals surface area contributed by atoms with Crippen LogP contribution >= 0.6 is 0 Å². The quantitative estimate of drug-likeness (QED) is 0.630. The van der Waals surface area contributed by atoms with Crippen molar-refractivity contribution >= 4 is 0 Å². The molecule has 94 valence electrons. The van der Waals surface area contributed by atoms with Gasteiger partial charge in [0, 0.05) is 11.5 Å². The summed E-state index contributed by atoms with van der Waals surface area (Å²) in [6.45, 7) is 10.5. The van der Waals surface area contributed by atoms with E-state index in [1.165, 1.54) is 0 Å². The van der Waals surface area contributed by atoms with E-state index >= 15 is 0 Å². The van der Waals surface area contributed by atoms with E-state index in [0.29, 0.717) is 12.5 Å². The van der Waals surface area contributed by atoms with Crippen molar-refractivity contribution in [2.24, 2.45) is 0 Å². The van der Waals surface area contributed by atoms with Gasteiger partial charge in [-0.05, 0) is 18.1 Å². The van der Waals surface area contributed by atoms with Crippen molar-refractivity contribution in [3.63, 3.8) is 0 Å². The molecule has 0 amide bonds. The van der Waals surface area contributed by atoms with Crippen LogP contribution in [0.25, 0.3) is 0 Å². The predicted molar refractivity (Wildman–Crippen MR) is 69.2 cm³/mol. The molecule has 0 aliphatic heterocycles. The summed E-state index contributed by atoms with van der Waals surface area (Å²) in [5, 5.41) is 9.22. The van der Waals surface area contributed by atoms with Crippen LogP contribution in [0.5, 0.6) is 5.88 Å². The number of hydrogen-bond acceptors (Lipinski definition) is 3. The molecule has 0 aliphatic rings. The van der Waals surface area contributed by atoms with Gasteiger partial charge in [-0.25, -0.2) is 4.98 Å². The van der Waals surface area contributed by atoms with Gasteiger partial charge in [-0.2, -0.15) is 0 Å². The van der Waals surface area contributed by atoms with Crippen molar-refractivity contribution in [2.75, 3.05) is 6.61 Å². The van der Waals surface area contributed by atoms with Gasteiger partial charge in [0.05, 0.1) is 18.9 Å². The lowest BCUT2D eigenvalue weighted by Gasteiger charge is -2.19. The van der Waals surface area contributed by atoms with Gasteiger partial charge in [-0.3, -0.25) is 0 Å². The Labute approximate surface area is 103 Å². The highest BCUT2D eigenvalue weighted by atomic mass is 16.5. The highest BCUT2D eigenvalue weighted by molar-refractivity contribution is 5.28. The highest BCUT2D eigenvalue weighted by Crippen LogP contribution is 2.24. The molecule has 1 N–H and O–H groups in total. The first-order chi connectivity index (χ1) is 7.97. The van der Waals surface area contributed by atoms with Gasteiger partial charge in [-0.15, -0.1) is 6.58 Å². The average Bonchev–Trinajstić information content (AvgIpc) is 2.28. The first-order valence-electron chi connectivity index (χ1n) is 5.83. The molecule has 1 heterocycles. The molecule has 3 heteroatoms. The molecular formula is C14H21NO2. The third kappa shape index (κ3) is 4.19. The molecule has 1 rings (SSSR count). The van der Waals surface area contributed by atoms with E-state index < -0.39 is 0 Å². The molecule has 0 atom stereocenters. The molecular weight excluding hydrogens is 214 g/mol. The minimum absolute atomic E-state index is 0.00339. The molecule has 1 aromatic rings. The molecule has 0 spiro atoms. The molecule has 1 aromatic heterocycles. The lowest BCUT2D eigenvalue weighted by Crippen LogP contribution is -2.15. The second kappa shape index (κ2) is 5.82. The maximum absolute atomic E-state index is 9.22. The summed E-state index contributed by atoms with van der Waals surface area (Å²) in [6.07, 6.45) is 2.59. The minimum atomic E-state index is -0.0538. The van der Waals surface area contributed by atoms with Crippen LogP contribution in [0.4, 0.5) is 0 Å². The van der Waals surface area contributed by atoms with Gasteiger partial charge < -0.3 is 9.84 Å². The van der Waals surface area contributed by atoms with Crippen molar-refractivity contribution in [1.29, 1.82) is 0 Å². The molecule has 0 saturated carbocycles. The Balaban J connectivity index is 2.93. The molecule has 0 saturated heterocycles. The maximum Gasteiger partial charge on any atom is 0.213 e. The Morgan fingerprint density at radius 2 is 2.12 bits per heavy atom. The topological polar surface area (TPSA) is 42.4 Å². The lowest BCUT2D eigenvalue weighted by atomic mass is 9.91. The Morgan fingerprint density at radius 3 is 2.65 bits per heavy atom. The van der Waals surface area contributed by atoms with Crippen LogP contribution in [0.2, 0.25) is 0 Å². The van der Waals surface area contributed by atoms with E-state index in [2.05, 4.69) is 32.3 Å². The van der Waals surface area contributed by atoms with Crippen LogP contribution in [0.15, 0.2) is 24.8 Å². The van der Waals surface area contributed by atoms with E-state index in [4.69, 9.17) is 4.74 Å². The SMILES string of the molecule is C=CCCOc1cc(CO)cc(C(C)(C)C)n1. The van der Waals surface area contributed by atoms with E-state index in [-0.39, 0.29) is 12.0 Å². The van der Waals surface area contributed by atoms with E-state index in [0.717, 1.165) is 17.7 Å². The second-order valence-electron chi connectivity index (χ2n) is 5.03. The van der Waals surface area contributed by atoms with E-state index in [1.54, 1.807) is 12.1 Å². The molecule has 0 unspecified atom stereocenters. The van der Waals surface area contributed by atoms with Gasteiger partial charge in [0.2, 0.25) is 5.88 Å². The normalized spacial score (nSPS) is 11.3. The fourth-order valence-corrected chi connectivity index (χ4v) is 1.36. The largest absolute Gasteiger partial charge is 0.477 e. The van der Waals surface area contributed by atoms with Crippen molar-refractivity contribution < 1.29 is 9.84 Å². The number of nitrogens with zero attached hydrogens (tertiary/aromatic N) is 1. The average molecular weight is 235 g/mol. The third-order valence-electron chi connectivity index (χ3n) is 2.38. The van der Waals surface area contributed by atoms with Crippen molar-refractivity contribution in [1.82, 2.24) is 4.98 Å². The lowest BCUT2D eigenvalue weighted by molar-refractivity contribution is 0.276. The Hall–Kier alpha value is -1.35. The molecule has 17 heavy (non-hydrogen) atoms. The van der Waals surface area contributed by atoms with Crippen molar-refractivity contribution in [2.45, 2.75) is 39.2 Å². The first-order valence-corrected chi connectivity index (χ1v) is 5.83. The summed E-state index contributed by atoms with van der Waals surface area (Å²) in [5.74, 6) is 0.573. The van der Waals surface area contributed by atoms with Gasteiger partial charge in [-0.1, -0.05) is 26.8 Å². The number of ether oxygens (including phenoxy) is 1. The summed E-state index contributed by atoms with van der Waals surface area (Å²) in [7, 11) is 0. The number of aromatic nitrogens is 1. The zero-order valence-corrected chi connectivity index (χ0v) is 10.9. The zero-order chi connectivity index (χ0) is 12.9. The van der Waals surface area contributed by atoms with Crippen LogP contribution in [0, 0.1) is 0 Å². The number of pyridine rings is 1. The number of aliphatic hydroxyl groups excluding tert-OH is 1. The first kappa shape index (κ1) is 13.7. The summed E-state index contributed by atoms with van der Waals surface area (Å²) >= 11 is 0. The van der Waals surface area contributed by atoms with E-state index in [9.17, 15) is 5.11 Å². The van der Waals surface area contributed by atoms with Crippen LogP contribution in [0.3, 0.4) is 0 Å². The summed E-state index contributed by atoms with van der Waals surface area (Å²) in [4.78, 5) is 4.46. The monoisotopic (exact) mass is 235 g/mol. The zero-order valence-electron chi connectivity index (χ0n) is 10.9. The second-order valence-corrected chi connectivity index (χ2v) is 5.03. The standard InChI is InChI=1S/C14H21NO2/c1-5-6-7-17-13-9-11(10-16)8-12(15-13)14(2,3)4/h5,8-9,16H,1,6-7,10H2,2-4H3. The smallest absolute Gasteiger partial charge is 0.213 e. The molecule has 0 radical (unpaired) electrons. The van der Waals surface area contributed by atoms with Gasteiger partial charge in [0.1, 0.15) is 0 Å². The van der Waals surface area contributed by atoms with Crippen molar-refractivity contribution in [3.05, 3.63) is 36.0 Å². The summed E-state index contributed by atoms with van der Waals surface area (Å²) in [5.41, 5.74) is 1.71. The molecule has 0 bridgehead atoms. The number of rotatable bonds is 5. The fourth-order valence-electron chi connectivity index (χ4n) is 1.36. The molecule has 3 nitrogen and oxygen atoms in total. The highest BCUT2D eigenvalue weighted by Gasteiger charge is 2.17. The summed E-state index contributed by atoms with van der Waals surface area (Å²) in [6, 6.07) is 3.69. The third-order valence-corrected chi connectivity index (χ3v) is 2.38. The van der Waals surface area contributed by atoms with Crippen LogP contribution in [-0.2, 0) is 12.0 Å². The Bertz CT molecular complexity index is 380. The van der Waals surface area contributed by atoms with Crippen LogP contribution in [0.1, 0.15) is 38.4 Å². The Morgan fingerprint density at radius 1 is 1.41 bits per heavy atom. The molecule has 0 aliphatic carbocycles. The number of aliphatic hydroxyl groups is 1. The Kier molecular flexibility index (Phi) is 4.70. The van der Waals surface area contributed by atoms with Gasteiger partial charge in [0.15, 0.2) is 0 Å². The predicted octanol–water partition coefficient (Wildman–Crippen LogP) is 2.83. The van der Waals surface area contributed by atoms with Crippen molar-refractivity contribution in [3.8, 4) is 5.88 Å². The van der Waals surface area contributed by atoms with Crippen LogP contribution in [-0.4, -0.2) is 16.7 Å². The van der Waals surface area contributed by atoms with E-state index in [1.807, 2.05) is 6.07 Å². The molecule has 0 aromatic carbocycles. The van der Waals surface area contributed by atoms with Gasteiger partial charge >= 0.3 is 0 Å². The minimum Gasteiger partial charge on any atom is -0.477 e.